The molecule has 1 unspecified atom stereocenters. The molecule has 1 atom stereocenters. The number of nitrogens with one attached hydrogen (secondary N) is 2. The van der Waals surface area contributed by atoms with E-state index in [-0.39, 0.29) is 0 Å². The van der Waals surface area contributed by atoms with E-state index in [0.717, 1.165) is 44.7 Å². The van der Waals surface area contributed by atoms with Crippen molar-refractivity contribution in [2.24, 2.45) is 11.8 Å². The zero-order valence-electron chi connectivity index (χ0n) is 11.1. The summed E-state index contributed by atoms with van der Waals surface area (Å²) in [5, 5.41) is 7.09. The van der Waals surface area contributed by atoms with Crippen LogP contribution in [0.3, 0.4) is 0 Å². The van der Waals surface area contributed by atoms with Crippen LogP contribution in [-0.4, -0.2) is 38.9 Å². The fourth-order valence-corrected chi connectivity index (χ4v) is 1.98. The lowest BCUT2D eigenvalue weighted by molar-refractivity contribution is 0.0656. The molecule has 2 N–H and O–H groups in total. The van der Waals surface area contributed by atoms with Crippen molar-refractivity contribution in [1.82, 2.24) is 10.6 Å². The topological polar surface area (TPSA) is 33.3 Å². The van der Waals surface area contributed by atoms with E-state index in [1.165, 1.54) is 12.8 Å². The van der Waals surface area contributed by atoms with Crippen LogP contribution in [0.15, 0.2) is 0 Å². The molecule has 0 aromatic heterocycles. The quantitative estimate of drug-likeness (QED) is 0.695. The SMILES string of the molecule is CC(C)CNCC(C)NCC1CCOCC1. The highest BCUT2D eigenvalue weighted by Gasteiger charge is 2.14. The Morgan fingerprint density at radius 3 is 2.44 bits per heavy atom. The number of hydrogen-bond acceptors (Lipinski definition) is 3. The van der Waals surface area contributed by atoms with Crippen LogP contribution in [0.2, 0.25) is 0 Å². The van der Waals surface area contributed by atoms with Gasteiger partial charge >= 0.3 is 0 Å². The van der Waals surface area contributed by atoms with E-state index in [1.807, 2.05) is 0 Å². The summed E-state index contributed by atoms with van der Waals surface area (Å²) in [5.41, 5.74) is 0. The fourth-order valence-electron chi connectivity index (χ4n) is 1.98. The van der Waals surface area contributed by atoms with Crippen molar-refractivity contribution < 1.29 is 4.74 Å². The Labute approximate surface area is 100 Å². The lowest BCUT2D eigenvalue weighted by Crippen LogP contribution is -2.40. The van der Waals surface area contributed by atoms with Gasteiger partial charge in [0.2, 0.25) is 0 Å². The molecule has 1 rings (SSSR count). The predicted molar refractivity (Wildman–Crippen MR) is 68.7 cm³/mol. The third kappa shape index (κ3) is 6.46. The Morgan fingerprint density at radius 1 is 1.12 bits per heavy atom. The molecule has 0 saturated carbocycles. The number of ether oxygens (including phenoxy) is 1. The highest BCUT2D eigenvalue weighted by molar-refractivity contribution is 4.70. The summed E-state index contributed by atoms with van der Waals surface area (Å²) in [7, 11) is 0. The molecule has 1 aliphatic heterocycles. The normalized spacial score (nSPS) is 20.2. The molecular formula is C13H28N2O. The lowest BCUT2D eigenvalue weighted by Gasteiger charge is -2.24. The molecule has 3 nitrogen and oxygen atoms in total. The molecule has 0 aromatic rings. The molecule has 1 heterocycles. The first-order valence-corrected chi connectivity index (χ1v) is 6.70. The van der Waals surface area contributed by atoms with Gasteiger partial charge in [0.1, 0.15) is 0 Å². The molecule has 0 aromatic carbocycles. The van der Waals surface area contributed by atoms with E-state index < -0.39 is 0 Å². The molecule has 0 radical (unpaired) electrons. The monoisotopic (exact) mass is 228 g/mol. The number of rotatable bonds is 7. The van der Waals surface area contributed by atoms with Gasteiger partial charge in [-0.1, -0.05) is 13.8 Å². The third-order valence-electron chi connectivity index (χ3n) is 3.10. The molecule has 0 amide bonds. The molecule has 0 spiro atoms. The van der Waals surface area contributed by atoms with Crippen LogP contribution in [0.4, 0.5) is 0 Å². The van der Waals surface area contributed by atoms with Crippen LogP contribution in [0.1, 0.15) is 33.6 Å². The van der Waals surface area contributed by atoms with Crippen molar-refractivity contribution in [3.8, 4) is 0 Å². The Hall–Kier alpha value is -0.120. The summed E-state index contributed by atoms with van der Waals surface area (Å²) in [6.07, 6.45) is 2.44. The third-order valence-corrected chi connectivity index (χ3v) is 3.10. The van der Waals surface area contributed by atoms with E-state index in [9.17, 15) is 0 Å². The van der Waals surface area contributed by atoms with Gasteiger partial charge in [0, 0.05) is 25.8 Å². The van der Waals surface area contributed by atoms with Gasteiger partial charge in [0.25, 0.3) is 0 Å². The van der Waals surface area contributed by atoms with E-state index in [0.29, 0.717) is 6.04 Å². The molecule has 1 aliphatic rings. The molecule has 0 aliphatic carbocycles. The minimum absolute atomic E-state index is 0.571. The van der Waals surface area contributed by atoms with Gasteiger partial charge in [-0.15, -0.1) is 0 Å². The molecule has 96 valence electrons. The second-order valence-electron chi connectivity index (χ2n) is 5.42. The lowest BCUT2D eigenvalue weighted by atomic mass is 10.0. The van der Waals surface area contributed by atoms with Crippen molar-refractivity contribution in [3.05, 3.63) is 0 Å². The molecule has 1 saturated heterocycles. The van der Waals surface area contributed by atoms with Crippen molar-refractivity contribution >= 4 is 0 Å². The van der Waals surface area contributed by atoms with Crippen LogP contribution in [0.25, 0.3) is 0 Å². The average Bonchev–Trinajstić information content (AvgIpc) is 2.27. The maximum Gasteiger partial charge on any atom is 0.0469 e. The minimum Gasteiger partial charge on any atom is -0.381 e. The van der Waals surface area contributed by atoms with Crippen molar-refractivity contribution in [2.75, 3.05) is 32.8 Å². The first-order valence-electron chi connectivity index (χ1n) is 6.70. The molecular weight excluding hydrogens is 200 g/mol. The largest absolute Gasteiger partial charge is 0.381 e. The molecule has 3 heteroatoms. The van der Waals surface area contributed by atoms with E-state index in [4.69, 9.17) is 4.74 Å². The summed E-state index contributed by atoms with van der Waals surface area (Å²) in [4.78, 5) is 0. The van der Waals surface area contributed by atoms with Gasteiger partial charge in [-0.25, -0.2) is 0 Å². The summed E-state index contributed by atoms with van der Waals surface area (Å²) in [6, 6.07) is 0.571. The zero-order valence-corrected chi connectivity index (χ0v) is 11.1. The van der Waals surface area contributed by atoms with Crippen molar-refractivity contribution in [2.45, 2.75) is 39.7 Å². The zero-order chi connectivity index (χ0) is 11.8. The van der Waals surface area contributed by atoms with Crippen LogP contribution in [0.5, 0.6) is 0 Å². The Balaban J connectivity index is 1.98. The van der Waals surface area contributed by atoms with Gasteiger partial charge in [-0.2, -0.15) is 0 Å². The van der Waals surface area contributed by atoms with E-state index in [2.05, 4.69) is 31.4 Å². The minimum atomic E-state index is 0.571. The van der Waals surface area contributed by atoms with Crippen LogP contribution >= 0.6 is 0 Å². The van der Waals surface area contributed by atoms with E-state index >= 15 is 0 Å². The summed E-state index contributed by atoms with van der Waals surface area (Å²) >= 11 is 0. The molecule has 16 heavy (non-hydrogen) atoms. The van der Waals surface area contributed by atoms with Gasteiger partial charge < -0.3 is 15.4 Å². The Bertz CT molecular complexity index is 167. The van der Waals surface area contributed by atoms with Gasteiger partial charge in [-0.3, -0.25) is 0 Å². The summed E-state index contributed by atoms with van der Waals surface area (Å²) < 4.78 is 5.36. The van der Waals surface area contributed by atoms with Gasteiger partial charge in [0.15, 0.2) is 0 Å². The Morgan fingerprint density at radius 2 is 1.81 bits per heavy atom. The maximum absolute atomic E-state index is 5.36. The summed E-state index contributed by atoms with van der Waals surface area (Å²) in [6.45, 7) is 12.0. The van der Waals surface area contributed by atoms with E-state index in [1.54, 1.807) is 0 Å². The van der Waals surface area contributed by atoms with Crippen molar-refractivity contribution in [3.63, 3.8) is 0 Å². The fraction of sp³-hybridized carbons (Fsp3) is 1.00. The highest BCUT2D eigenvalue weighted by Crippen LogP contribution is 2.13. The van der Waals surface area contributed by atoms with Crippen LogP contribution < -0.4 is 10.6 Å². The van der Waals surface area contributed by atoms with Crippen LogP contribution in [-0.2, 0) is 4.74 Å². The first kappa shape index (κ1) is 13.9. The summed E-state index contributed by atoms with van der Waals surface area (Å²) in [5.74, 6) is 1.56. The number of hydrogen-bond donors (Lipinski definition) is 2. The van der Waals surface area contributed by atoms with Gasteiger partial charge in [-0.05, 0) is 44.7 Å². The second-order valence-corrected chi connectivity index (χ2v) is 5.42. The first-order chi connectivity index (χ1) is 7.68. The molecule has 0 bridgehead atoms. The standard InChI is InChI=1S/C13H28N2O/c1-11(2)8-14-9-12(3)15-10-13-4-6-16-7-5-13/h11-15H,4-10H2,1-3H3. The maximum atomic E-state index is 5.36. The second kappa shape index (κ2) is 8.04. The predicted octanol–water partition coefficient (Wildman–Crippen LogP) is 1.64. The average molecular weight is 228 g/mol. The van der Waals surface area contributed by atoms with Crippen molar-refractivity contribution in [1.29, 1.82) is 0 Å². The highest BCUT2D eigenvalue weighted by atomic mass is 16.5. The smallest absolute Gasteiger partial charge is 0.0469 e. The molecule has 1 fully saturated rings. The van der Waals surface area contributed by atoms with Crippen LogP contribution in [0, 0.1) is 11.8 Å². The Kier molecular flexibility index (Phi) is 7.01. The van der Waals surface area contributed by atoms with Gasteiger partial charge in [0.05, 0.1) is 0 Å².